The number of nitrogens with zero attached hydrogens (tertiary/aromatic N) is 1. The van der Waals surface area contributed by atoms with E-state index < -0.39 is 0 Å². The van der Waals surface area contributed by atoms with Crippen molar-refractivity contribution in [2.24, 2.45) is 11.7 Å². The summed E-state index contributed by atoms with van der Waals surface area (Å²) in [7, 11) is 0. The summed E-state index contributed by atoms with van der Waals surface area (Å²) in [4.78, 5) is 14.4. The van der Waals surface area contributed by atoms with Crippen molar-refractivity contribution in [2.75, 3.05) is 6.54 Å². The largest absolute Gasteiger partial charge is 0.338 e. The number of hydrogen-bond donors (Lipinski definition) is 1. The second kappa shape index (κ2) is 6.99. The molecule has 2 aliphatic rings. The molecule has 0 unspecified atom stereocenters. The monoisotopic (exact) mass is 328 g/mol. The molecule has 0 aromatic heterocycles. The van der Waals surface area contributed by atoms with E-state index in [9.17, 15) is 4.79 Å². The zero-order valence-corrected chi connectivity index (χ0v) is 13.6. The third-order valence-electron chi connectivity index (χ3n) is 4.72. The molecular weight excluding hydrogens is 307 g/mol. The highest BCUT2D eigenvalue weighted by molar-refractivity contribution is 6.31. The van der Waals surface area contributed by atoms with Gasteiger partial charge in [0.2, 0.25) is 5.91 Å². The number of carbonyl (C=O) groups excluding carboxylic acids is 1. The van der Waals surface area contributed by atoms with Crippen molar-refractivity contribution >= 4 is 29.9 Å². The first-order chi connectivity index (χ1) is 9.65. The molecule has 0 bridgehead atoms. The normalized spacial score (nSPS) is 24.4. The van der Waals surface area contributed by atoms with E-state index in [4.69, 9.17) is 17.3 Å². The molecule has 0 spiro atoms. The van der Waals surface area contributed by atoms with Crippen molar-refractivity contribution < 1.29 is 4.79 Å². The van der Waals surface area contributed by atoms with Crippen LogP contribution in [0.15, 0.2) is 18.2 Å². The molecule has 1 aromatic carbocycles. The van der Waals surface area contributed by atoms with Gasteiger partial charge in [0.15, 0.2) is 0 Å². The molecule has 0 radical (unpaired) electrons. The molecule has 21 heavy (non-hydrogen) atoms. The third kappa shape index (κ3) is 3.53. The molecule has 1 fully saturated rings. The molecule has 1 saturated carbocycles. The van der Waals surface area contributed by atoms with Crippen molar-refractivity contribution in [3.05, 3.63) is 34.3 Å². The molecule has 2 N–H and O–H groups in total. The fraction of sp³-hybridized carbons (Fsp3) is 0.562. The predicted octanol–water partition coefficient (Wildman–Crippen LogP) is 3.16. The first-order valence-corrected chi connectivity index (χ1v) is 7.82. The topological polar surface area (TPSA) is 46.3 Å². The highest BCUT2D eigenvalue weighted by atomic mass is 35.5. The second-order valence-corrected chi connectivity index (χ2v) is 6.41. The quantitative estimate of drug-likeness (QED) is 0.906. The summed E-state index contributed by atoms with van der Waals surface area (Å²) in [6, 6.07) is 6.17. The summed E-state index contributed by atoms with van der Waals surface area (Å²) < 4.78 is 0. The molecule has 116 valence electrons. The van der Waals surface area contributed by atoms with E-state index in [0.717, 1.165) is 37.3 Å². The van der Waals surface area contributed by atoms with E-state index in [1.807, 2.05) is 17.0 Å². The molecule has 1 aromatic rings. The van der Waals surface area contributed by atoms with E-state index in [-0.39, 0.29) is 24.4 Å². The van der Waals surface area contributed by atoms with E-state index in [1.165, 1.54) is 11.1 Å². The Bertz CT molecular complexity index is 521. The Labute approximate surface area is 137 Å². The zero-order valence-electron chi connectivity index (χ0n) is 12.1. The van der Waals surface area contributed by atoms with Crippen LogP contribution in [0.5, 0.6) is 0 Å². The van der Waals surface area contributed by atoms with Crippen molar-refractivity contribution in [1.29, 1.82) is 0 Å². The van der Waals surface area contributed by atoms with Gasteiger partial charge in [0, 0.05) is 30.6 Å². The minimum absolute atomic E-state index is 0. The molecule has 1 amide bonds. The number of hydrogen-bond acceptors (Lipinski definition) is 2. The maximum absolute atomic E-state index is 12.4. The van der Waals surface area contributed by atoms with Crippen LogP contribution in [0, 0.1) is 5.92 Å². The third-order valence-corrected chi connectivity index (χ3v) is 5.07. The lowest BCUT2D eigenvalue weighted by Gasteiger charge is -2.30. The van der Waals surface area contributed by atoms with Gasteiger partial charge in [0.05, 0.1) is 0 Å². The molecule has 5 heteroatoms. The van der Waals surface area contributed by atoms with Gasteiger partial charge in [-0.15, -0.1) is 12.4 Å². The maximum Gasteiger partial charge on any atom is 0.223 e. The van der Waals surface area contributed by atoms with Gasteiger partial charge in [-0.2, -0.15) is 0 Å². The summed E-state index contributed by atoms with van der Waals surface area (Å²) in [6.07, 6.45) is 4.80. The van der Waals surface area contributed by atoms with Crippen molar-refractivity contribution in [3.63, 3.8) is 0 Å². The lowest BCUT2D eigenvalue weighted by atomic mass is 9.96. The summed E-state index contributed by atoms with van der Waals surface area (Å²) in [5.74, 6) is 0.626. The van der Waals surface area contributed by atoms with Crippen LogP contribution in [-0.2, 0) is 17.8 Å². The standard InChI is InChI=1S/C16H21ClN2O.ClH/c17-14-5-1-4-12-10-19(8-7-13(12)14)16(20)9-11-3-2-6-15(11)18;/h1,4-5,11,15H,2-3,6-10,18H2;1H/t11-,15+;/m0./s1. The number of carbonyl (C=O) groups is 1. The fourth-order valence-electron chi connectivity index (χ4n) is 3.45. The molecule has 3 rings (SSSR count). The maximum atomic E-state index is 12.4. The van der Waals surface area contributed by atoms with Gasteiger partial charge in [0.25, 0.3) is 0 Å². The van der Waals surface area contributed by atoms with Crippen LogP contribution in [-0.4, -0.2) is 23.4 Å². The number of nitrogens with two attached hydrogens (primary N) is 1. The SMILES string of the molecule is Cl.N[C@@H]1CCC[C@H]1CC(=O)N1CCc2c(Cl)cccc2C1. The van der Waals surface area contributed by atoms with E-state index in [1.54, 1.807) is 0 Å². The van der Waals surface area contributed by atoms with Crippen molar-refractivity contribution in [1.82, 2.24) is 4.90 Å². The van der Waals surface area contributed by atoms with E-state index in [2.05, 4.69) is 6.07 Å². The Morgan fingerprint density at radius 3 is 2.90 bits per heavy atom. The van der Waals surface area contributed by atoms with Crippen LogP contribution in [0.4, 0.5) is 0 Å². The average Bonchev–Trinajstić information content (AvgIpc) is 2.84. The minimum Gasteiger partial charge on any atom is -0.338 e. The number of fused-ring (bicyclic) bond motifs is 1. The molecule has 1 heterocycles. The van der Waals surface area contributed by atoms with Crippen molar-refractivity contribution in [3.8, 4) is 0 Å². The van der Waals surface area contributed by atoms with Crippen LogP contribution >= 0.6 is 24.0 Å². The summed E-state index contributed by atoms with van der Waals surface area (Å²) in [6.45, 7) is 1.47. The lowest BCUT2D eigenvalue weighted by molar-refractivity contribution is -0.133. The van der Waals surface area contributed by atoms with Crippen molar-refractivity contribution in [2.45, 2.75) is 44.7 Å². The first kappa shape index (κ1) is 16.6. The highest BCUT2D eigenvalue weighted by Crippen LogP contribution is 2.30. The Balaban J connectivity index is 0.00000161. The van der Waals surface area contributed by atoms with Crippen LogP contribution in [0.1, 0.15) is 36.8 Å². The average molecular weight is 329 g/mol. The van der Waals surface area contributed by atoms with Crippen LogP contribution in [0.25, 0.3) is 0 Å². The summed E-state index contributed by atoms with van der Waals surface area (Å²) >= 11 is 6.21. The zero-order chi connectivity index (χ0) is 14.1. The van der Waals surface area contributed by atoms with E-state index >= 15 is 0 Å². The molecule has 0 saturated heterocycles. The number of rotatable bonds is 2. The Hall–Kier alpha value is -0.770. The fourth-order valence-corrected chi connectivity index (χ4v) is 3.74. The van der Waals surface area contributed by atoms with Crippen LogP contribution < -0.4 is 5.73 Å². The summed E-state index contributed by atoms with van der Waals surface area (Å²) in [5.41, 5.74) is 8.46. The summed E-state index contributed by atoms with van der Waals surface area (Å²) in [5, 5.41) is 0.826. The number of amides is 1. The molecule has 3 nitrogen and oxygen atoms in total. The smallest absolute Gasteiger partial charge is 0.223 e. The van der Waals surface area contributed by atoms with Gasteiger partial charge in [0.1, 0.15) is 0 Å². The Kier molecular flexibility index (Phi) is 5.53. The van der Waals surface area contributed by atoms with Gasteiger partial charge < -0.3 is 10.6 Å². The van der Waals surface area contributed by atoms with Crippen LogP contribution in [0.2, 0.25) is 5.02 Å². The van der Waals surface area contributed by atoms with E-state index in [0.29, 0.717) is 18.9 Å². The number of halogens is 2. The van der Waals surface area contributed by atoms with Gasteiger partial charge in [-0.25, -0.2) is 0 Å². The van der Waals surface area contributed by atoms with Gasteiger partial charge in [-0.05, 0) is 42.4 Å². The highest BCUT2D eigenvalue weighted by Gasteiger charge is 2.29. The number of benzene rings is 1. The lowest BCUT2D eigenvalue weighted by Crippen LogP contribution is -2.38. The van der Waals surface area contributed by atoms with Gasteiger partial charge in [-0.1, -0.05) is 30.2 Å². The molecule has 1 aliphatic heterocycles. The van der Waals surface area contributed by atoms with Crippen LogP contribution in [0.3, 0.4) is 0 Å². The van der Waals surface area contributed by atoms with Gasteiger partial charge >= 0.3 is 0 Å². The molecule has 2 atom stereocenters. The minimum atomic E-state index is 0. The predicted molar refractivity (Wildman–Crippen MR) is 87.8 cm³/mol. The molecule has 1 aliphatic carbocycles. The Morgan fingerprint density at radius 1 is 1.38 bits per heavy atom. The second-order valence-electron chi connectivity index (χ2n) is 6.00. The first-order valence-electron chi connectivity index (χ1n) is 7.45. The van der Waals surface area contributed by atoms with Gasteiger partial charge in [-0.3, -0.25) is 4.79 Å². The molecular formula is C16H22Cl2N2O. The Morgan fingerprint density at radius 2 is 2.19 bits per heavy atom.